The van der Waals surface area contributed by atoms with Gasteiger partial charge in [0.05, 0.1) is 0 Å². The van der Waals surface area contributed by atoms with Crippen LogP contribution < -0.4 is 11.1 Å². The van der Waals surface area contributed by atoms with Gasteiger partial charge in [-0.1, -0.05) is 17.7 Å². The van der Waals surface area contributed by atoms with E-state index in [0.29, 0.717) is 22.7 Å². The smallest absolute Gasteiger partial charge is 0.248 e. The van der Waals surface area contributed by atoms with Crippen molar-refractivity contribution in [2.24, 2.45) is 5.73 Å². The lowest BCUT2D eigenvalue weighted by atomic mass is 9.97. The molecule has 3 rings (SSSR count). The number of benzene rings is 2. The highest BCUT2D eigenvalue weighted by atomic mass is 35.5. The van der Waals surface area contributed by atoms with Crippen LogP contribution in [0.1, 0.15) is 40.2 Å². The van der Waals surface area contributed by atoms with Crippen molar-refractivity contribution >= 4 is 29.1 Å². The van der Waals surface area contributed by atoms with Crippen molar-refractivity contribution in [2.75, 3.05) is 5.32 Å². The van der Waals surface area contributed by atoms with Crippen molar-refractivity contribution in [3.8, 4) is 0 Å². The van der Waals surface area contributed by atoms with Crippen LogP contribution in [0.4, 0.5) is 5.69 Å². The van der Waals surface area contributed by atoms with Gasteiger partial charge in [-0.25, -0.2) is 0 Å². The number of aryl methyl sites for hydroxylation is 1. The summed E-state index contributed by atoms with van der Waals surface area (Å²) < 4.78 is 0. The molecule has 2 amide bonds. The molecular weight excluding hydrogens is 312 g/mol. The second-order valence-corrected chi connectivity index (χ2v) is 6.21. The molecule has 0 spiro atoms. The van der Waals surface area contributed by atoms with E-state index in [-0.39, 0.29) is 11.8 Å². The minimum atomic E-state index is -0.484. The fourth-order valence-corrected chi connectivity index (χ4v) is 3.20. The second-order valence-electron chi connectivity index (χ2n) is 5.77. The summed E-state index contributed by atoms with van der Waals surface area (Å²) in [5.74, 6) is -0.328. The van der Waals surface area contributed by atoms with Crippen molar-refractivity contribution in [1.29, 1.82) is 0 Å². The molecule has 0 fully saturated rings. The number of fused-ring (bicyclic) bond motifs is 1. The van der Waals surface area contributed by atoms with Gasteiger partial charge in [0.25, 0.3) is 0 Å². The van der Waals surface area contributed by atoms with Gasteiger partial charge < -0.3 is 11.1 Å². The van der Waals surface area contributed by atoms with Gasteiger partial charge in [-0.05, 0) is 66.3 Å². The van der Waals surface area contributed by atoms with Gasteiger partial charge in [-0.2, -0.15) is 0 Å². The Labute approximate surface area is 139 Å². The van der Waals surface area contributed by atoms with E-state index in [4.69, 9.17) is 17.3 Å². The van der Waals surface area contributed by atoms with Crippen molar-refractivity contribution in [3.05, 3.63) is 64.2 Å². The van der Waals surface area contributed by atoms with Gasteiger partial charge >= 0.3 is 0 Å². The summed E-state index contributed by atoms with van der Waals surface area (Å²) in [6, 6.07) is 12.4. The first kappa shape index (κ1) is 15.6. The van der Waals surface area contributed by atoms with Crippen molar-refractivity contribution in [3.63, 3.8) is 0 Å². The third-order valence-electron chi connectivity index (χ3n) is 4.19. The van der Waals surface area contributed by atoms with Crippen LogP contribution in [-0.2, 0) is 11.2 Å². The number of hydrogen-bond acceptors (Lipinski definition) is 2. The topological polar surface area (TPSA) is 72.2 Å². The molecule has 5 heteroatoms. The Morgan fingerprint density at radius 1 is 1.17 bits per heavy atom. The largest absolute Gasteiger partial charge is 0.366 e. The highest BCUT2D eigenvalue weighted by Gasteiger charge is 2.24. The standard InChI is InChI=1S/C18H17ClN2O2/c19-14-6-3-11-1-2-13(16(11)10-14)9-17(22)21-15-7-4-12(5-8-15)18(20)23/h3-8,10,13H,1-2,9H2,(H2,20,23)(H,21,22). The summed E-state index contributed by atoms with van der Waals surface area (Å²) in [4.78, 5) is 23.3. The lowest BCUT2D eigenvalue weighted by Crippen LogP contribution is -2.15. The van der Waals surface area contributed by atoms with E-state index in [1.54, 1.807) is 24.3 Å². The zero-order chi connectivity index (χ0) is 16.4. The number of nitrogens with two attached hydrogens (primary N) is 1. The number of primary amides is 1. The molecule has 1 unspecified atom stereocenters. The zero-order valence-corrected chi connectivity index (χ0v) is 13.3. The Kier molecular flexibility index (Phi) is 4.35. The van der Waals surface area contributed by atoms with Gasteiger partial charge in [0, 0.05) is 22.7 Å². The zero-order valence-electron chi connectivity index (χ0n) is 12.5. The molecule has 4 nitrogen and oxygen atoms in total. The SMILES string of the molecule is NC(=O)c1ccc(NC(=O)CC2CCc3ccc(Cl)cc32)cc1. The number of rotatable bonds is 4. The first-order valence-electron chi connectivity index (χ1n) is 7.51. The Balaban J connectivity index is 1.65. The normalized spacial score (nSPS) is 16.0. The monoisotopic (exact) mass is 328 g/mol. The van der Waals surface area contributed by atoms with Crippen molar-refractivity contribution in [2.45, 2.75) is 25.2 Å². The molecule has 118 valence electrons. The summed E-state index contributed by atoms with van der Waals surface area (Å²) in [6.45, 7) is 0. The van der Waals surface area contributed by atoms with E-state index >= 15 is 0 Å². The third kappa shape index (κ3) is 3.54. The molecule has 1 atom stereocenters. The lowest BCUT2D eigenvalue weighted by molar-refractivity contribution is -0.116. The molecule has 0 radical (unpaired) electrons. The number of amides is 2. The first-order valence-corrected chi connectivity index (χ1v) is 7.89. The highest BCUT2D eigenvalue weighted by molar-refractivity contribution is 6.30. The minimum Gasteiger partial charge on any atom is -0.366 e. The van der Waals surface area contributed by atoms with Gasteiger partial charge in [-0.15, -0.1) is 0 Å². The number of halogens is 1. The summed E-state index contributed by atoms with van der Waals surface area (Å²) in [5, 5.41) is 3.56. The number of anilines is 1. The van der Waals surface area contributed by atoms with Gasteiger partial charge in [0.15, 0.2) is 0 Å². The Morgan fingerprint density at radius 3 is 2.61 bits per heavy atom. The molecule has 3 N–H and O–H groups in total. The Morgan fingerprint density at radius 2 is 1.91 bits per heavy atom. The molecule has 1 aliphatic carbocycles. The second kappa shape index (κ2) is 6.42. The van der Waals surface area contributed by atoms with Crippen LogP contribution in [0.2, 0.25) is 5.02 Å². The number of nitrogens with one attached hydrogen (secondary N) is 1. The molecule has 0 saturated carbocycles. The van der Waals surface area contributed by atoms with E-state index in [1.165, 1.54) is 11.1 Å². The number of carbonyl (C=O) groups excluding carboxylic acids is 2. The fraction of sp³-hybridized carbons (Fsp3) is 0.222. The average molecular weight is 329 g/mol. The van der Waals surface area contributed by atoms with Crippen LogP contribution in [-0.4, -0.2) is 11.8 Å². The molecule has 2 aromatic rings. The predicted molar refractivity (Wildman–Crippen MR) is 90.7 cm³/mol. The fourth-order valence-electron chi connectivity index (χ4n) is 3.02. The van der Waals surface area contributed by atoms with Crippen LogP contribution >= 0.6 is 11.6 Å². The summed E-state index contributed by atoms with van der Waals surface area (Å²) >= 11 is 6.06. The highest BCUT2D eigenvalue weighted by Crippen LogP contribution is 2.37. The van der Waals surface area contributed by atoms with Crippen LogP contribution in [0, 0.1) is 0 Å². The van der Waals surface area contributed by atoms with E-state index < -0.39 is 5.91 Å². The van der Waals surface area contributed by atoms with Crippen LogP contribution in [0.15, 0.2) is 42.5 Å². The molecule has 0 saturated heterocycles. The van der Waals surface area contributed by atoms with Crippen LogP contribution in [0.5, 0.6) is 0 Å². The predicted octanol–water partition coefficient (Wildman–Crippen LogP) is 3.50. The quantitative estimate of drug-likeness (QED) is 0.901. The van der Waals surface area contributed by atoms with E-state index in [0.717, 1.165) is 12.8 Å². The van der Waals surface area contributed by atoms with E-state index in [1.807, 2.05) is 18.2 Å². The summed E-state index contributed by atoms with van der Waals surface area (Å²) in [7, 11) is 0. The van der Waals surface area contributed by atoms with Gasteiger partial charge in [-0.3, -0.25) is 9.59 Å². The minimum absolute atomic E-state index is 0.0466. The molecular formula is C18H17ClN2O2. The maximum absolute atomic E-state index is 12.2. The molecule has 0 aliphatic heterocycles. The third-order valence-corrected chi connectivity index (χ3v) is 4.43. The summed E-state index contributed by atoms with van der Waals surface area (Å²) in [6.07, 6.45) is 2.37. The van der Waals surface area contributed by atoms with Gasteiger partial charge in [0.2, 0.25) is 11.8 Å². The average Bonchev–Trinajstić information content (AvgIpc) is 2.90. The maximum atomic E-state index is 12.2. The van der Waals surface area contributed by atoms with Crippen molar-refractivity contribution < 1.29 is 9.59 Å². The van der Waals surface area contributed by atoms with Crippen LogP contribution in [0.25, 0.3) is 0 Å². The molecule has 0 heterocycles. The lowest BCUT2D eigenvalue weighted by Gasteiger charge is -2.12. The van der Waals surface area contributed by atoms with Crippen LogP contribution in [0.3, 0.4) is 0 Å². The number of carbonyl (C=O) groups is 2. The van der Waals surface area contributed by atoms with E-state index in [2.05, 4.69) is 5.32 Å². The molecule has 0 aromatic heterocycles. The maximum Gasteiger partial charge on any atom is 0.248 e. The Bertz CT molecular complexity index is 756. The molecule has 23 heavy (non-hydrogen) atoms. The Hall–Kier alpha value is -2.33. The number of hydrogen-bond donors (Lipinski definition) is 2. The molecule has 0 bridgehead atoms. The first-order chi connectivity index (χ1) is 11.0. The summed E-state index contributed by atoms with van der Waals surface area (Å²) in [5.41, 5.74) is 8.72. The molecule has 2 aromatic carbocycles. The van der Waals surface area contributed by atoms with Gasteiger partial charge in [0.1, 0.15) is 0 Å². The molecule has 1 aliphatic rings. The van der Waals surface area contributed by atoms with E-state index in [9.17, 15) is 9.59 Å². The van der Waals surface area contributed by atoms with Crippen molar-refractivity contribution in [1.82, 2.24) is 0 Å².